The molecule has 0 heterocycles. The summed E-state index contributed by atoms with van der Waals surface area (Å²) in [7, 11) is 0. The number of hydrogen-bond donors (Lipinski definition) is 0. The second kappa shape index (κ2) is 5.38. The summed E-state index contributed by atoms with van der Waals surface area (Å²) < 4.78 is 4.15. The van der Waals surface area contributed by atoms with E-state index in [4.69, 9.17) is 23.2 Å². The zero-order chi connectivity index (χ0) is 8.85. The van der Waals surface area contributed by atoms with Crippen LogP contribution >= 0.6 is 23.2 Å². The summed E-state index contributed by atoms with van der Waals surface area (Å²) in [6.07, 6.45) is 1.72. The van der Waals surface area contributed by atoms with Crippen molar-refractivity contribution in [3.63, 3.8) is 0 Å². The van der Waals surface area contributed by atoms with E-state index in [0.717, 1.165) is 0 Å². The number of rotatable bonds is 3. The van der Waals surface area contributed by atoms with Crippen molar-refractivity contribution in [1.29, 1.82) is 0 Å². The summed E-state index contributed by atoms with van der Waals surface area (Å²) in [5.74, 6) is -1.66. The fourth-order valence-corrected chi connectivity index (χ4v) is 0.441. The predicted molar refractivity (Wildman–Crippen MR) is 41.2 cm³/mol. The van der Waals surface area contributed by atoms with Gasteiger partial charge in [-0.3, -0.25) is 4.79 Å². The maximum absolute atomic E-state index is 10.5. The van der Waals surface area contributed by atoms with E-state index >= 15 is 0 Å². The van der Waals surface area contributed by atoms with Gasteiger partial charge in [-0.15, -0.1) is 0 Å². The van der Waals surface area contributed by atoms with Gasteiger partial charge in [0, 0.05) is 0 Å². The lowest BCUT2D eigenvalue weighted by Crippen LogP contribution is -2.17. The van der Waals surface area contributed by atoms with Gasteiger partial charge in [-0.2, -0.15) is 0 Å². The molecule has 5 heteroatoms. The molecule has 0 rings (SSSR count). The van der Waals surface area contributed by atoms with E-state index < -0.39 is 16.8 Å². The average molecular weight is 198 g/mol. The van der Waals surface area contributed by atoms with Crippen molar-refractivity contribution >= 4 is 35.1 Å². The van der Waals surface area contributed by atoms with Crippen molar-refractivity contribution in [2.45, 2.75) is 18.2 Å². The van der Waals surface area contributed by atoms with Gasteiger partial charge < -0.3 is 4.74 Å². The van der Waals surface area contributed by atoms with Gasteiger partial charge in [-0.25, -0.2) is 4.79 Å². The van der Waals surface area contributed by atoms with E-state index in [1.54, 1.807) is 6.92 Å². The van der Waals surface area contributed by atoms with Crippen LogP contribution in [-0.2, 0) is 14.3 Å². The van der Waals surface area contributed by atoms with Crippen molar-refractivity contribution in [3.8, 4) is 0 Å². The Morgan fingerprint density at radius 2 is 2.09 bits per heavy atom. The summed E-state index contributed by atoms with van der Waals surface area (Å²) in [5, 5.41) is 0. The van der Waals surface area contributed by atoms with Crippen LogP contribution in [0.2, 0.25) is 0 Å². The Labute approximate surface area is 74.6 Å². The number of halogens is 2. The molecule has 0 N–H and O–H groups in total. The number of carbonyl (C=O) groups excluding carboxylic acids is 2. The molecule has 0 saturated carbocycles. The quantitative estimate of drug-likeness (QED) is 0.391. The van der Waals surface area contributed by atoms with E-state index in [9.17, 15) is 9.59 Å². The number of esters is 2. The molecule has 0 bridgehead atoms. The summed E-state index contributed by atoms with van der Waals surface area (Å²) in [5.41, 5.74) is 0. The van der Waals surface area contributed by atoms with Gasteiger partial charge in [-0.05, 0) is 6.42 Å². The molecule has 0 aliphatic heterocycles. The summed E-state index contributed by atoms with van der Waals surface area (Å²) in [6, 6.07) is 0. The van der Waals surface area contributed by atoms with Crippen LogP contribution in [0.4, 0.5) is 0 Å². The fourth-order valence-electron chi connectivity index (χ4n) is 0.352. The van der Waals surface area contributed by atoms with E-state index in [2.05, 4.69) is 4.74 Å². The third kappa shape index (κ3) is 5.04. The largest absolute Gasteiger partial charge is 0.391 e. The zero-order valence-electron chi connectivity index (χ0n) is 5.84. The van der Waals surface area contributed by atoms with Crippen molar-refractivity contribution in [1.82, 2.24) is 0 Å². The molecule has 3 nitrogen and oxygen atoms in total. The molecule has 0 amide bonds. The summed E-state index contributed by atoms with van der Waals surface area (Å²) >= 11 is 10.2. The van der Waals surface area contributed by atoms with Crippen LogP contribution in [-0.4, -0.2) is 16.8 Å². The monoisotopic (exact) mass is 197 g/mol. The zero-order valence-corrected chi connectivity index (χ0v) is 7.35. The van der Waals surface area contributed by atoms with Crippen molar-refractivity contribution in [2.24, 2.45) is 0 Å². The van der Waals surface area contributed by atoms with Crippen LogP contribution in [0.1, 0.15) is 13.3 Å². The SMILES string of the molecule is CC[CH]C(=O)OC(=O)C(Cl)Cl. The van der Waals surface area contributed by atoms with E-state index in [1.165, 1.54) is 6.42 Å². The molecule has 63 valence electrons. The maximum Gasteiger partial charge on any atom is 0.347 e. The van der Waals surface area contributed by atoms with Crippen LogP contribution in [0.3, 0.4) is 0 Å². The van der Waals surface area contributed by atoms with Crippen LogP contribution in [0.5, 0.6) is 0 Å². The highest BCUT2D eigenvalue weighted by Gasteiger charge is 2.16. The number of ether oxygens (including phenoxy) is 1. The summed E-state index contributed by atoms with van der Waals surface area (Å²) in [4.78, 5) is 19.7. The number of hydrogen-bond acceptors (Lipinski definition) is 3. The van der Waals surface area contributed by atoms with Gasteiger partial charge in [0.05, 0.1) is 6.42 Å². The lowest BCUT2D eigenvalue weighted by Gasteiger charge is -2.00. The molecule has 0 aromatic heterocycles. The van der Waals surface area contributed by atoms with E-state index in [-0.39, 0.29) is 0 Å². The molecule has 0 aromatic rings. The van der Waals surface area contributed by atoms with Crippen LogP contribution < -0.4 is 0 Å². The third-order valence-corrected chi connectivity index (χ3v) is 1.11. The van der Waals surface area contributed by atoms with Gasteiger partial charge in [0.1, 0.15) is 0 Å². The van der Waals surface area contributed by atoms with Crippen molar-refractivity contribution < 1.29 is 14.3 Å². The third-order valence-electron chi connectivity index (χ3n) is 0.750. The minimum Gasteiger partial charge on any atom is -0.391 e. The minimum atomic E-state index is -1.30. The Bertz CT molecular complexity index is 156. The average Bonchev–Trinajstić information content (AvgIpc) is 1.87. The van der Waals surface area contributed by atoms with Crippen LogP contribution in [0.25, 0.3) is 0 Å². The lowest BCUT2D eigenvalue weighted by atomic mass is 10.3. The Balaban J connectivity index is 3.67. The molecule has 11 heavy (non-hydrogen) atoms. The van der Waals surface area contributed by atoms with Gasteiger partial charge >= 0.3 is 11.9 Å². The second-order valence-corrected chi connectivity index (χ2v) is 2.75. The minimum absolute atomic E-state index is 0.501. The van der Waals surface area contributed by atoms with E-state index in [0.29, 0.717) is 6.42 Å². The maximum atomic E-state index is 10.5. The highest BCUT2D eigenvalue weighted by atomic mass is 35.5. The first-order valence-electron chi connectivity index (χ1n) is 2.95. The first-order valence-corrected chi connectivity index (χ1v) is 3.82. The first kappa shape index (κ1) is 10.7. The Morgan fingerprint density at radius 1 is 1.55 bits per heavy atom. The van der Waals surface area contributed by atoms with E-state index in [1.807, 2.05) is 0 Å². The Kier molecular flexibility index (Phi) is 5.24. The highest BCUT2D eigenvalue weighted by molar-refractivity contribution is 6.53. The van der Waals surface area contributed by atoms with Crippen molar-refractivity contribution in [3.05, 3.63) is 6.42 Å². The standard InChI is InChI=1S/C6H7Cl2O3/c1-2-3-4(9)11-6(10)5(7)8/h3,5H,2H2,1H3. The second-order valence-electron chi connectivity index (χ2n) is 1.65. The molecule has 0 unspecified atom stereocenters. The van der Waals surface area contributed by atoms with Gasteiger partial charge in [0.25, 0.3) is 0 Å². The molecular formula is C6H7Cl2O3. The number of alkyl halides is 2. The van der Waals surface area contributed by atoms with Gasteiger partial charge in [0.2, 0.25) is 4.84 Å². The number of carbonyl (C=O) groups is 2. The molecule has 0 aliphatic carbocycles. The topological polar surface area (TPSA) is 43.4 Å². The summed E-state index contributed by atoms with van der Waals surface area (Å²) in [6.45, 7) is 1.74. The van der Waals surface area contributed by atoms with Crippen LogP contribution in [0.15, 0.2) is 0 Å². The lowest BCUT2D eigenvalue weighted by molar-refractivity contribution is -0.155. The molecule has 0 spiro atoms. The fraction of sp³-hybridized carbons (Fsp3) is 0.500. The molecular weight excluding hydrogens is 191 g/mol. The normalized spacial score (nSPS) is 9.82. The smallest absolute Gasteiger partial charge is 0.347 e. The molecule has 0 aliphatic rings. The predicted octanol–water partition coefficient (Wildman–Crippen LogP) is 1.47. The first-order chi connectivity index (χ1) is 5.07. The molecule has 0 atom stereocenters. The highest BCUT2D eigenvalue weighted by Crippen LogP contribution is 2.04. The van der Waals surface area contributed by atoms with Gasteiger partial charge in [0.15, 0.2) is 0 Å². The van der Waals surface area contributed by atoms with Gasteiger partial charge in [-0.1, -0.05) is 30.1 Å². The Hall–Kier alpha value is -0.280. The molecule has 0 saturated heterocycles. The van der Waals surface area contributed by atoms with Crippen LogP contribution in [0, 0.1) is 6.42 Å². The molecule has 1 radical (unpaired) electrons. The molecule has 0 fully saturated rings. The van der Waals surface area contributed by atoms with Crippen molar-refractivity contribution in [2.75, 3.05) is 0 Å². The Morgan fingerprint density at radius 3 is 2.45 bits per heavy atom. The molecule has 0 aromatic carbocycles.